The van der Waals surface area contributed by atoms with Crippen LogP contribution in [0, 0.1) is 0 Å². The van der Waals surface area contributed by atoms with E-state index in [9.17, 15) is 9.90 Å². The zero-order valence-electron chi connectivity index (χ0n) is 10.9. The third-order valence-electron chi connectivity index (χ3n) is 3.48. The highest BCUT2D eigenvalue weighted by Crippen LogP contribution is 2.19. The van der Waals surface area contributed by atoms with Gasteiger partial charge in [-0.2, -0.15) is 11.8 Å². The van der Waals surface area contributed by atoms with Gasteiger partial charge < -0.3 is 15.7 Å². The molecule has 1 rings (SSSR count). The first-order valence-electron chi connectivity index (χ1n) is 6.61. The number of unbranched alkanes of at least 4 members (excludes halogenated alkanes) is 1. The van der Waals surface area contributed by atoms with Gasteiger partial charge in [0, 0.05) is 31.1 Å². The molecular weight excluding hydrogens is 247 g/mol. The predicted molar refractivity (Wildman–Crippen MR) is 77.3 cm³/mol. The lowest BCUT2D eigenvalue weighted by molar-refractivity contribution is -0.144. The topological polar surface area (TPSA) is 66.6 Å². The molecule has 1 fully saturated rings. The van der Waals surface area contributed by atoms with E-state index in [0.717, 1.165) is 44.0 Å². The number of carbonyl (C=O) groups is 1. The van der Waals surface area contributed by atoms with Crippen LogP contribution in [0.5, 0.6) is 0 Å². The smallest absolute Gasteiger partial charge is 0.323 e. The van der Waals surface area contributed by atoms with Gasteiger partial charge in [-0.1, -0.05) is 19.2 Å². The van der Waals surface area contributed by atoms with Crippen molar-refractivity contribution in [3.8, 4) is 0 Å². The first-order chi connectivity index (χ1) is 8.58. The second-order valence-electron chi connectivity index (χ2n) is 4.91. The molecule has 0 aliphatic carbocycles. The van der Waals surface area contributed by atoms with Crippen LogP contribution < -0.4 is 5.73 Å². The molecule has 6 heteroatoms. The first-order valence-corrected chi connectivity index (χ1v) is 7.76. The molecule has 1 unspecified atom stereocenters. The zero-order chi connectivity index (χ0) is 13.4. The molecule has 102 valence electrons. The third kappa shape index (κ3) is 5.20. The maximum atomic E-state index is 11.3. The molecule has 1 saturated heterocycles. The molecule has 0 aromatic rings. The highest BCUT2D eigenvalue weighted by Gasteiger charge is 2.33. The highest BCUT2D eigenvalue weighted by molar-refractivity contribution is 7.99. The van der Waals surface area contributed by atoms with E-state index >= 15 is 0 Å². The average Bonchev–Trinajstić information content (AvgIpc) is 2.38. The number of aliphatic carboxylic acids is 1. The van der Waals surface area contributed by atoms with Crippen molar-refractivity contribution in [2.45, 2.75) is 37.5 Å². The molecule has 0 amide bonds. The van der Waals surface area contributed by atoms with Crippen LogP contribution in [0.3, 0.4) is 0 Å². The van der Waals surface area contributed by atoms with Crippen LogP contribution in [0.2, 0.25) is 6.32 Å². The third-order valence-corrected chi connectivity index (χ3v) is 4.42. The van der Waals surface area contributed by atoms with Crippen LogP contribution in [0.4, 0.5) is 0 Å². The zero-order valence-corrected chi connectivity index (χ0v) is 11.8. The van der Waals surface area contributed by atoms with Crippen molar-refractivity contribution in [2.24, 2.45) is 5.73 Å². The summed E-state index contributed by atoms with van der Waals surface area (Å²) < 4.78 is 0. The predicted octanol–water partition coefficient (Wildman–Crippen LogP) is 0.964. The Hall–Kier alpha value is -0.195. The molecule has 0 aromatic carbocycles. The quantitative estimate of drug-likeness (QED) is 0.508. The standard InChI is InChI=1S/C12H23BN2O2S/c13-5-2-1-3-12(14,11(16)17)4-6-15-7-9-18-10-8-15/h1-10,14H2,(H,16,17). The van der Waals surface area contributed by atoms with Crippen LogP contribution in [0.1, 0.15) is 25.7 Å². The van der Waals surface area contributed by atoms with Crippen LogP contribution in [-0.2, 0) is 4.79 Å². The molecule has 1 atom stereocenters. The van der Waals surface area contributed by atoms with Gasteiger partial charge in [0.2, 0.25) is 0 Å². The van der Waals surface area contributed by atoms with Crippen LogP contribution >= 0.6 is 11.8 Å². The van der Waals surface area contributed by atoms with Gasteiger partial charge in [0.1, 0.15) is 5.54 Å². The number of rotatable bonds is 8. The molecule has 2 radical (unpaired) electrons. The largest absolute Gasteiger partial charge is 0.480 e. The average molecular weight is 270 g/mol. The molecule has 1 heterocycles. The Bertz CT molecular complexity index is 262. The van der Waals surface area contributed by atoms with Crippen molar-refractivity contribution in [1.29, 1.82) is 0 Å². The molecule has 0 spiro atoms. The molecule has 3 N–H and O–H groups in total. The van der Waals surface area contributed by atoms with Crippen molar-refractivity contribution in [3.63, 3.8) is 0 Å². The summed E-state index contributed by atoms with van der Waals surface area (Å²) in [4.78, 5) is 13.6. The summed E-state index contributed by atoms with van der Waals surface area (Å²) in [6.07, 6.45) is 3.26. The Kier molecular flexibility index (Phi) is 7.11. The molecule has 1 aliphatic rings. The molecule has 0 aromatic heterocycles. The van der Waals surface area contributed by atoms with Gasteiger partial charge in [0.05, 0.1) is 7.85 Å². The SMILES string of the molecule is [B]CCCCC(N)(CCN1CCSCC1)C(=O)O. The van der Waals surface area contributed by atoms with Gasteiger partial charge >= 0.3 is 5.97 Å². The van der Waals surface area contributed by atoms with Gasteiger partial charge in [-0.25, -0.2) is 0 Å². The van der Waals surface area contributed by atoms with Crippen LogP contribution in [0.15, 0.2) is 0 Å². The van der Waals surface area contributed by atoms with Gasteiger partial charge in [-0.3, -0.25) is 4.79 Å². The molecular formula is C12H23BN2O2S. The molecule has 4 nitrogen and oxygen atoms in total. The second kappa shape index (κ2) is 8.07. The number of carboxylic acid groups (broad SMARTS) is 1. The summed E-state index contributed by atoms with van der Waals surface area (Å²) >= 11 is 1.95. The van der Waals surface area contributed by atoms with Gasteiger partial charge in [0.25, 0.3) is 0 Å². The molecule has 1 aliphatic heterocycles. The second-order valence-corrected chi connectivity index (χ2v) is 6.14. The van der Waals surface area contributed by atoms with Crippen molar-refractivity contribution in [2.75, 3.05) is 31.1 Å². The fourth-order valence-electron chi connectivity index (χ4n) is 2.11. The number of hydrogen-bond acceptors (Lipinski definition) is 4. The van der Waals surface area contributed by atoms with E-state index in [4.69, 9.17) is 13.6 Å². The lowest BCUT2D eigenvalue weighted by Crippen LogP contribution is -2.50. The first kappa shape index (κ1) is 15.9. The van der Waals surface area contributed by atoms with Crippen LogP contribution in [-0.4, -0.2) is 60.5 Å². The number of thioether (sulfide) groups is 1. The molecule has 18 heavy (non-hydrogen) atoms. The van der Waals surface area contributed by atoms with E-state index in [-0.39, 0.29) is 0 Å². The highest BCUT2D eigenvalue weighted by atomic mass is 32.2. The Labute approximate surface area is 115 Å². The molecule has 0 saturated carbocycles. The molecule has 0 bridgehead atoms. The number of hydrogen-bond donors (Lipinski definition) is 2. The van der Waals surface area contributed by atoms with E-state index < -0.39 is 11.5 Å². The Morgan fingerprint density at radius 1 is 1.33 bits per heavy atom. The van der Waals surface area contributed by atoms with Crippen molar-refractivity contribution < 1.29 is 9.90 Å². The lowest BCUT2D eigenvalue weighted by atomic mass is 9.88. The summed E-state index contributed by atoms with van der Waals surface area (Å²) in [6, 6.07) is 0. The Morgan fingerprint density at radius 3 is 2.56 bits per heavy atom. The van der Waals surface area contributed by atoms with Gasteiger partial charge in [-0.15, -0.1) is 0 Å². The van der Waals surface area contributed by atoms with Crippen molar-refractivity contribution in [1.82, 2.24) is 4.90 Å². The van der Waals surface area contributed by atoms with Gasteiger partial charge in [0.15, 0.2) is 0 Å². The Morgan fingerprint density at radius 2 is 2.00 bits per heavy atom. The maximum absolute atomic E-state index is 11.3. The minimum atomic E-state index is -1.08. The minimum Gasteiger partial charge on any atom is -0.480 e. The summed E-state index contributed by atoms with van der Waals surface area (Å²) in [5.41, 5.74) is 4.94. The fraction of sp³-hybridized carbons (Fsp3) is 0.917. The number of carboxylic acids is 1. The fourth-order valence-corrected chi connectivity index (χ4v) is 3.08. The Balaban J connectivity index is 2.37. The number of nitrogens with zero attached hydrogens (tertiary/aromatic N) is 1. The monoisotopic (exact) mass is 270 g/mol. The summed E-state index contributed by atoms with van der Waals surface area (Å²) in [5.74, 6) is 1.39. The van der Waals surface area contributed by atoms with Gasteiger partial charge in [-0.05, 0) is 12.8 Å². The summed E-state index contributed by atoms with van der Waals surface area (Å²) in [6.45, 7) is 2.87. The normalized spacial score (nSPS) is 20.5. The van der Waals surface area contributed by atoms with E-state index in [0.29, 0.717) is 19.2 Å². The maximum Gasteiger partial charge on any atom is 0.323 e. The van der Waals surface area contributed by atoms with Crippen molar-refractivity contribution >= 4 is 25.6 Å². The number of nitrogens with two attached hydrogens (primary N) is 1. The van der Waals surface area contributed by atoms with Crippen LogP contribution in [0.25, 0.3) is 0 Å². The van der Waals surface area contributed by atoms with E-state index in [1.54, 1.807) is 0 Å². The lowest BCUT2D eigenvalue weighted by Gasteiger charge is -2.31. The summed E-state index contributed by atoms with van der Waals surface area (Å²) in [7, 11) is 5.43. The summed E-state index contributed by atoms with van der Waals surface area (Å²) in [5, 5.41) is 9.28. The van der Waals surface area contributed by atoms with E-state index in [1.807, 2.05) is 11.8 Å². The van der Waals surface area contributed by atoms with Crippen molar-refractivity contribution in [3.05, 3.63) is 0 Å². The van der Waals surface area contributed by atoms with E-state index in [2.05, 4.69) is 4.90 Å². The van der Waals surface area contributed by atoms with E-state index in [1.165, 1.54) is 0 Å². The minimum absolute atomic E-state index is 0.516.